The van der Waals surface area contributed by atoms with Crippen molar-refractivity contribution in [2.24, 2.45) is 0 Å². The van der Waals surface area contributed by atoms with E-state index in [1.54, 1.807) is 6.92 Å². The Morgan fingerprint density at radius 1 is 1.08 bits per heavy atom. The molecular weight excluding hydrogens is 329 g/mol. The minimum atomic E-state index is -0.713. The van der Waals surface area contributed by atoms with Gasteiger partial charge in [0, 0.05) is 5.69 Å². The number of hydrogen-bond acceptors (Lipinski definition) is 2. The van der Waals surface area contributed by atoms with Gasteiger partial charge in [0.05, 0.1) is 5.02 Å². The van der Waals surface area contributed by atoms with Crippen LogP contribution in [0.1, 0.15) is 6.92 Å². The highest BCUT2D eigenvalue weighted by Gasteiger charge is 2.15. The van der Waals surface area contributed by atoms with E-state index in [0.29, 0.717) is 11.4 Å². The number of amides is 1. The number of halogens is 2. The summed E-state index contributed by atoms with van der Waals surface area (Å²) in [5.74, 6) is -0.269. The molecule has 0 spiro atoms. The van der Waals surface area contributed by atoms with E-state index in [1.807, 2.05) is 42.5 Å². The van der Waals surface area contributed by atoms with Crippen LogP contribution in [0.25, 0.3) is 10.8 Å². The normalized spacial score (nSPS) is 12.0. The van der Waals surface area contributed by atoms with E-state index in [9.17, 15) is 9.18 Å². The average molecular weight is 344 g/mol. The summed E-state index contributed by atoms with van der Waals surface area (Å²) in [6.45, 7) is 1.65. The molecule has 0 aliphatic carbocycles. The second kappa shape index (κ2) is 6.89. The number of anilines is 1. The Morgan fingerprint density at radius 3 is 2.58 bits per heavy atom. The van der Waals surface area contributed by atoms with Gasteiger partial charge in [-0.15, -0.1) is 0 Å². The number of fused-ring (bicyclic) bond motifs is 1. The van der Waals surface area contributed by atoms with Gasteiger partial charge in [-0.2, -0.15) is 0 Å². The molecule has 0 fully saturated rings. The first-order valence-corrected chi connectivity index (χ1v) is 7.82. The van der Waals surface area contributed by atoms with Crippen LogP contribution in [0.4, 0.5) is 10.1 Å². The Kier molecular flexibility index (Phi) is 4.67. The molecule has 0 radical (unpaired) electrons. The summed E-state index contributed by atoms with van der Waals surface area (Å²) in [4.78, 5) is 12.2. The summed E-state index contributed by atoms with van der Waals surface area (Å²) in [5.41, 5.74) is 0.417. The molecular formula is C19H15ClFNO2. The summed E-state index contributed by atoms with van der Waals surface area (Å²) in [5, 5.41) is 4.74. The van der Waals surface area contributed by atoms with Crippen LogP contribution in [-0.2, 0) is 4.79 Å². The Balaban J connectivity index is 1.69. The topological polar surface area (TPSA) is 38.3 Å². The van der Waals surface area contributed by atoms with E-state index in [1.165, 1.54) is 18.2 Å². The highest BCUT2D eigenvalue weighted by atomic mass is 35.5. The van der Waals surface area contributed by atoms with Crippen LogP contribution in [0.3, 0.4) is 0 Å². The largest absolute Gasteiger partial charge is 0.481 e. The zero-order chi connectivity index (χ0) is 17.1. The van der Waals surface area contributed by atoms with Gasteiger partial charge < -0.3 is 10.1 Å². The van der Waals surface area contributed by atoms with E-state index >= 15 is 0 Å². The van der Waals surface area contributed by atoms with Gasteiger partial charge in [-0.3, -0.25) is 4.79 Å². The van der Waals surface area contributed by atoms with E-state index in [4.69, 9.17) is 16.3 Å². The zero-order valence-electron chi connectivity index (χ0n) is 12.9. The van der Waals surface area contributed by atoms with Crippen LogP contribution in [0, 0.1) is 5.82 Å². The fraction of sp³-hybridized carbons (Fsp3) is 0.105. The fourth-order valence-corrected chi connectivity index (χ4v) is 2.50. The number of ether oxygens (including phenoxy) is 1. The molecule has 5 heteroatoms. The van der Waals surface area contributed by atoms with Crippen molar-refractivity contribution in [1.29, 1.82) is 0 Å². The Labute approximate surface area is 144 Å². The number of carbonyl (C=O) groups is 1. The Morgan fingerprint density at radius 2 is 1.83 bits per heavy atom. The van der Waals surface area contributed by atoms with Crippen LogP contribution >= 0.6 is 11.6 Å². The second-order valence-electron chi connectivity index (χ2n) is 5.39. The zero-order valence-corrected chi connectivity index (χ0v) is 13.7. The van der Waals surface area contributed by atoms with Gasteiger partial charge in [0.15, 0.2) is 6.10 Å². The molecule has 1 unspecified atom stereocenters. The SMILES string of the molecule is CC(Oc1ccc2ccccc2c1)C(=O)Nc1ccc(F)c(Cl)c1. The van der Waals surface area contributed by atoms with Gasteiger partial charge in [0.1, 0.15) is 11.6 Å². The van der Waals surface area contributed by atoms with Gasteiger partial charge in [-0.25, -0.2) is 4.39 Å². The van der Waals surface area contributed by atoms with Crippen molar-refractivity contribution in [3.8, 4) is 5.75 Å². The first kappa shape index (κ1) is 16.3. The maximum Gasteiger partial charge on any atom is 0.265 e. The molecule has 0 aromatic heterocycles. The van der Waals surface area contributed by atoms with Crippen molar-refractivity contribution in [1.82, 2.24) is 0 Å². The molecule has 0 saturated heterocycles. The summed E-state index contributed by atoms with van der Waals surface area (Å²) >= 11 is 5.70. The van der Waals surface area contributed by atoms with Crippen molar-refractivity contribution < 1.29 is 13.9 Å². The quantitative estimate of drug-likeness (QED) is 0.720. The van der Waals surface area contributed by atoms with Crippen molar-refractivity contribution in [2.45, 2.75) is 13.0 Å². The van der Waals surface area contributed by atoms with Crippen LogP contribution in [0.5, 0.6) is 5.75 Å². The predicted octanol–water partition coefficient (Wildman–Crippen LogP) is 5.04. The van der Waals surface area contributed by atoms with Gasteiger partial charge >= 0.3 is 0 Å². The van der Waals surface area contributed by atoms with Crippen molar-refractivity contribution in [2.75, 3.05) is 5.32 Å². The standard InChI is InChI=1S/C19H15ClFNO2/c1-12(19(23)22-15-7-9-18(21)17(20)11-15)24-16-8-6-13-4-2-3-5-14(13)10-16/h2-12H,1H3,(H,22,23). The number of rotatable bonds is 4. The third-order valence-corrected chi connectivity index (χ3v) is 3.88. The third kappa shape index (κ3) is 3.66. The lowest BCUT2D eigenvalue weighted by Gasteiger charge is -2.15. The smallest absolute Gasteiger partial charge is 0.265 e. The Hall–Kier alpha value is -2.59. The molecule has 3 aromatic carbocycles. The van der Waals surface area contributed by atoms with Crippen molar-refractivity contribution in [3.63, 3.8) is 0 Å². The second-order valence-corrected chi connectivity index (χ2v) is 5.79. The molecule has 0 aliphatic heterocycles. The summed E-state index contributed by atoms with van der Waals surface area (Å²) < 4.78 is 18.8. The number of benzene rings is 3. The minimum absolute atomic E-state index is 0.0455. The molecule has 3 nitrogen and oxygen atoms in total. The summed E-state index contributed by atoms with van der Waals surface area (Å²) in [6.07, 6.45) is -0.713. The van der Waals surface area contributed by atoms with Crippen LogP contribution in [-0.4, -0.2) is 12.0 Å². The van der Waals surface area contributed by atoms with E-state index in [0.717, 1.165) is 10.8 Å². The minimum Gasteiger partial charge on any atom is -0.481 e. The molecule has 3 aromatic rings. The summed E-state index contributed by atoms with van der Waals surface area (Å²) in [7, 11) is 0. The van der Waals surface area contributed by atoms with Gasteiger partial charge in [-0.1, -0.05) is 41.9 Å². The fourth-order valence-electron chi connectivity index (χ4n) is 2.32. The highest BCUT2D eigenvalue weighted by Crippen LogP contribution is 2.22. The Bertz CT molecular complexity index is 897. The van der Waals surface area contributed by atoms with Gasteiger partial charge in [-0.05, 0) is 48.0 Å². The third-order valence-electron chi connectivity index (χ3n) is 3.59. The maximum absolute atomic E-state index is 13.1. The first-order chi connectivity index (χ1) is 11.5. The summed E-state index contributed by atoms with van der Waals surface area (Å²) in [6, 6.07) is 17.5. The molecule has 1 amide bonds. The van der Waals surface area contributed by atoms with Crippen molar-refractivity contribution in [3.05, 3.63) is 71.5 Å². The van der Waals surface area contributed by atoms with Crippen LogP contribution in [0.2, 0.25) is 5.02 Å². The van der Waals surface area contributed by atoms with Gasteiger partial charge in [0.25, 0.3) is 5.91 Å². The van der Waals surface area contributed by atoms with E-state index in [-0.39, 0.29) is 10.9 Å². The number of hydrogen-bond donors (Lipinski definition) is 1. The highest BCUT2D eigenvalue weighted by molar-refractivity contribution is 6.31. The lowest BCUT2D eigenvalue weighted by molar-refractivity contribution is -0.122. The molecule has 122 valence electrons. The van der Waals surface area contributed by atoms with Gasteiger partial charge in [0.2, 0.25) is 0 Å². The first-order valence-electron chi connectivity index (χ1n) is 7.44. The molecule has 0 bridgehead atoms. The van der Waals surface area contributed by atoms with Crippen LogP contribution < -0.4 is 10.1 Å². The molecule has 0 saturated carbocycles. The molecule has 1 N–H and O–H groups in total. The lowest BCUT2D eigenvalue weighted by Crippen LogP contribution is -2.30. The predicted molar refractivity (Wildman–Crippen MR) is 94.1 cm³/mol. The molecule has 1 atom stereocenters. The van der Waals surface area contributed by atoms with Crippen molar-refractivity contribution >= 4 is 34.0 Å². The monoisotopic (exact) mass is 343 g/mol. The average Bonchev–Trinajstić information content (AvgIpc) is 2.58. The molecule has 0 aliphatic rings. The molecule has 3 rings (SSSR count). The maximum atomic E-state index is 13.1. The number of nitrogens with one attached hydrogen (secondary N) is 1. The molecule has 0 heterocycles. The molecule has 24 heavy (non-hydrogen) atoms. The van der Waals surface area contributed by atoms with E-state index in [2.05, 4.69) is 5.32 Å². The lowest BCUT2D eigenvalue weighted by atomic mass is 10.1. The van der Waals surface area contributed by atoms with Crippen LogP contribution in [0.15, 0.2) is 60.7 Å². The number of carbonyl (C=O) groups excluding carboxylic acids is 1. The van der Waals surface area contributed by atoms with E-state index < -0.39 is 11.9 Å².